The van der Waals surface area contributed by atoms with Crippen LogP contribution < -0.4 is 27.0 Å². The summed E-state index contributed by atoms with van der Waals surface area (Å²) in [4.78, 5) is 77.4. The van der Waals surface area contributed by atoms with Gasteiger partial charge in [-0.3, -0.25) is 39.0 Å². The van der Waals surface area contributed by atoms with E-state index in [1.165, 1.54) is 6.07 Å². The molecule has 7 rings (SSSR count). The van der Waals surface area contributed by atoms with Gasteiger partial charge in [-0.1, -0.05) is 68.2 Å². The number of unbranched alkanes of at least 4 members (excludes halogenated alkanes) is 5. The van der Waals surface area contributed by atoms with Gasteiger partial charge < -0.3 is 26.3 Å². The van der Waals surface area contributed by atoms with Crippen molar-refractivity contribution in [2.75, 3.05) is 23.7 Å². The lowest BCUT2D eigenvalue weighted by Gasteiger charge is -2.29. The summed E-state index contributed by atoms with van der Waals surface area (Å²) < 4.78 is 30.3. The number of hydrogen-bond donors (Lipinski definition) is 5. The standard InChI is InChI=1S/C46H51F2N7O6S/c47-46(48)20-18-31(19-21-46)54-27-35(28-9-7-10-29(23-28)43(49)62)33-16-14-30(24-37(33)54)52-38(56)13-5-3-1-2-4-6-22-50-41(59)26-51-36-12-8-11-34-42(36)45(61)55(44(34)60)32-15-17-39(57)53-40(58)25-32/h7-12,14,16,23-24,27,31-32,51H,1-6,13,15,17-22,25-26H2,(H2,49,62)(H,50,59)(H,52,56)(H,53,57,58). The average Bonchev–Trinajstić information content (AvgIpc) is 3.68. The van der Waals surface area contributed by atoms with Crippen molar-refractivity contribution in [1.29, 1.82) is 0 Å². The van der Waals surface area contributed by atoms with E-state index in [0.717, 1.165) is 71.0 Å². The molecule has 0 spiro atoms. The minimum atomic E-state index is -2.65. The number of carbonyl (C=O) groups is 6. The Morgan fingerprint density at radius 3 is 2.34 bits per heavy atom. The van der Waals surface area contributed by atoms with Crippen LogP contribution in [0.4, 0.5) is 20.2 Å². The number of thiocarbonyl (C=S) groups is 1. The van der Waals surface area contributed by atoms with Crippen LogP contribution in [0.3, 0.4) is 0 Å². The van der Waals surface area contributed by atoms with Crippen molar-refractivity contribution in [2.45, 2.75) is 108 Å². The Labute approximate surface area is 363 Å². The number of nitrogens with zero attached hydrogens (tertiary/aromatic N) is 2. The molecular weight excluding hydrogens is 817 g/mol. The van der Waals surface area contributed by atoms with E-state index in [2.05, 4.69) is 25.8 Å². The lowest BCUT2D eigenvalue weighted by molar-refractivity contribution is -0.129. The van der Waals surface area contributed by atoms with Crippen LogP contribution >= 0.6 is 12.2 Å². The normalized spacial score (nSPS) is 17.7. The molecule has 1 aromatic heterocycles. The second-order valence-corrected chi connectivity index (χ2v) is 16.9. The van der Waals surface area contributed by atoms with Crippen molar-refractivity contribution in [1.82, 2.24) is 20.1 Å². The van der Waals surface area contributed by atoms with Crippen LogP contribution in [0, 0.1) is 0 Å². The summed E-state index contributed by atoms with van der Waals surface area (Å²) in [6, 6.07) is 17.3. The zero-order valence-corrected chi connectivity index (χ0v) is 35.2. The topological polar surface area (TPSA) is 185 Å². The van der Waals surface area contributed by atoms with Crippen LogP contribution in [0.25, 0.3) is 22.0 Å². The zero-order chi connectivity index (χ0) is 44.0. The van der Waals surface area contributed by atoms with Crippen molar-refractivity contribution in [2.24, 2.45) is 5.73 Å². The minimum Gasteiger partial charge on any atom is -0.389 e. The SMILES string of the molecule is NC(=S)c1cccc(-c2cn(C3CCC(F)(F)CC3)c3cc(NC(=O)CCCCCCCCNC(=O)CNc4cccc5c4C(=O)N(C4CCC(=O)NC(=O)C4)C5=O)ccc23)c1. The van der Waals surface area contributed by atoms with Crippen molar-refractivity contribution >= 4 is 74.9 Å². The quantitative estimate of drug-likeness (QED) is 0.0411. The van der Waals surface area contributed by atoms with Crippen LogP contribution in [-0.2, 0) is 19.2 Å². The highest BCUT2D eigenvalue weighted by Crippen LogP contribution is 2.42. The molecule has 3 aliphatic rings. The summed E-state index contributed by atoms with van der Waals surface area (Å²) in [6.07, 6.45) is 7.95. The summed E-state index contributed by atoms with van der Waals surface area (Å²) in [5.74, 6) is -5.09. The van der Waals surface area contributed by atoms with E-state index >= 15 is 0 Å². The predicted octanol–water partition coefficient (Wildman–Crippen LogP) is 7.38. The fourth-order valence-corrected chi connectivity index (χ4v) is 8.82. The molecule has 0 bridgehead atoms. The van der Waals surface area contributed by atoms with E-state index < -0.39 is 35.6 Å². The molecule has 2 aliphatic heterocycles. The molecule has 1 saturated heterocycles. The van der Waals surface area contributed by atoms with Crippen LogP contribution in [0.15, 0.2) is 66.9 Å². The van der Waals surface area contributed by atoms with Gasteiger partial charge in [0.1, 0.15) is 4.99 Å². The van der Waals surface area contributed by atoms with Gasteiger partial charge in [-0.2, -0.15) is 0 Å². The van der Waals surface area contributed by atoms with Crippen LogP contribution in [-0.4, -0.2) is 75.0 Å². The van der Waals surface area contributed by atoms with Crippen molar-refractivity contribution < 1.29 is 37.5 Å². The number of carbonyl (C=O) groups excluding carboxylic acids is 6. The van der Waals surface area contributed by atoms with Gasteiger partial charge in [0.25, 0.3) is 11.8 Å². The third-order valence-corrected chi connectivity index (χ3v) is 12.2. The Balaban J connectivity index is 0.823. The number of alkyl halides is 2. The number of nitrogens with one attached hydrogen (secondary N) is 4. The molecule has 1 saturated carbocycles. The monoisotopic (exact) mass is 867 g/mol. The molecule has 62 heavy (non-hydrogen) atoms. The third kappa shape index (κ3) is 10.3. The molecule has 1 atom stereocenters. The molecule has 2 fully saturated rings. The predicted molar refractivity (Wildman–Crippen MR) is 236 cm³/mol. The maximum atomic E-state index is 14.1. The molecule has 3 aromatic carbocycles. The second kappa shape index (κ2) is 19.3. The molecule has 16 heteroatoms. The Morgan fingerprint density at radius 2 is 1.56 bits per heavy atom. The number of halogens is 2. The van der Waals surface area contributed by atoms with E-state index in [0.29, 0.717) is 37.2 Å². The molecule has 6 amide bonds. The van der Waals surface area contributed by atoms with Gasteiger partial charge >= 0.3 is 0 Å². The fourth-order valence-electron chi connectivity index (χ4n) is 8.70. The number of rotatable bonds is 17. The van der Waals surface area contributed by atoms with Crippen molar-refractivity contribution in [3.63, 3.8) is 0 Å². The van der Waals surface area contributed by atoms with Gasteiger partial charge in [0.15, 0.2) is 0 Å². The highest BCUT2D eigenvalue weighted by molar-refractivity contribution is 7.80. The summed E-state index contributed by atoms with van der Waals surface area (Å²) in [6.45, 7) is 0.364. The van der Waals surface area contributed by atoms with Gasteiger partial charge in [-0.05, 0) is 68.0 Å². The number of fused-ring (bicyclic) bond motifs is 2. The lowest BCUT2D eigenvalue weighted by Crippen LogP contribution is -2.41. The maximum absolute atomic E-state index is 14.1. The van der Waals surface area contributed by atoms with E-state index in [4.69, 9.17) is 18.0 Å². The number of amides is 6. The summed E-state index contributed by atoms with van der Waals surface area (Å²) >= 11 is 5.20. The summed E-state index contributed by atoms with van der Waals surface area (Å²) in [7, 11) is 0. The van der Waals surface area contributed by atoms with Crippen LogP contribution in [0.2, 0.25) is 0 Å². The van der Waals surface area contributed by atoms with Gasteiger partial charge in [0.2, 0.25) is 29.6 Å². The fraction of sp³-hybridized carbons (Fsp3) is 0.413. The summed E-state index contributed by atoms with van der Waals surface area (Å²) in [5.41, 5.74) is 10.7. The number of nitrogens with two attached hydrogens (primary N) is 1. The Kier molecular flexibility index (Phi) is 13.7. The third-order valence-electron chi connectivity index (χ3n) is 12.0. The first kappa shape index (κ1) is 44.0. The van der Waals surface area contributed by atoms with Crippen LogP contribution in [0.1, 0.15) is 122 Å². The Hall–Kier alpha value is -6.03. The largest absolute Gasteiger partial charge is 0.389 e. The molecule has 3 heterocycles. The zero-order valence-electron chi connectivity index (χ0n) is 34.4. The molecular formula is C46H51F2N7O6S. The van der Waals surface area contributed by atoms with Crippen molar-refractivity contribution in [3.05, 3.63) is 83.6 Å². The van der Waals surface area contributed by atoms with Gasteiger partial charge in [0, 0.05) is 84.8 Å². The number of hydrogen-bond acceptors (Lipinski definition) is 8. The molecule has 0 radical (unpaired) electrons. The molecule has 4 aromatic rings. The Bertz CT molecular complexity index is 2410. The number of anilines is 2. The van der Waals surface area contributed by atoms with Gasteiger partial charge in [0.05, 0.1) is 23.2 Å². The summed E-state index contributed by atoms with van der Waals surface area (Å²) in [5, 5.41) is 12.1. The van der Waals surface area contributed by atoms with E-state index in [9.17, 15) is 37.5 Å². The highest BCUT2D eigenvalue weighted by atomic mass is 32.1. The Morgan fingerprint density at radius 1 is 0.823 bits per heavy atom. The molecule has 13 nitrogen and oxygen atoms in total. The number of imide groups is 2. The first-order valence-electron chi connectivity index (χ1n) is 21.3. The first-order chi connectivity index (χ1) is 29.8. The molecule has 326 valence electrons. The van der Waals surface area contributed by atoms with E-state index in [1.54, 1.807) is 12.1 Å². The van der Waals surface area contributed by atoms with Crippen LogP contribution in [0.5, 0.6) is 0 Å². The number of benzene rings is 3. The number of aromatic nitrogens is 1. The lowest BCUT2D eigenvalue weighted by atomic mass is 9.92. The van der Waals surface area contributed by atoms with Gasteiger partial charge in [-0.25, -0.2) is 8.78 Å². The second-order valence-electron chi connectivity index (χ2n) is 16.4. The maximum Gasteiger partial charge on any atom is 0.263 e. The first-order valence-corrected chi connectivity index (χ1v) is 21.8. The van der Waals surface area contributed by atoms with Gasteiger partial charge in [-0.15, -0.1) is 0 Å². The van der Waals surface area contributed by atoms with Crippen molar-refractivity contribution in [3.8, 4) is 11.1 Å². The van der Waals surface area contributed by atoms with E-state index in [1.807, 2.05) is 48.7 Å². The smallest absolute Gasteiger partial charge is 0.263 e. The highest BCUT2D eigenvalue weighted by Gasteiger charge is 2.43. The molecule has 1 unspecified atom stereocenters. The minimum absolute atomic E-state index is 0.0222. The van der Waals surface area contributed by atoms with E-state index in [-0.39, 0.29) is 72.6 Å². The average molecular weight is 868 g/mol. The molecule has 1 aliphatic carbocycles. The molecule has 6 N–H and O–H groups in total.